The van der Waals surface area contributed by atoms with Crippen molar-refractivity contribution < 1.29 is 32.9 Å². The quantitative estimate of drug-likeness (QED) is 0.148. The molecule has 0 saturated heterocycles. The van der Waals surface area contributed by atoms with Crippen molar-refractivity contribution >= 4 is 123 Å². The molecular formula is C120H92BN5. The molecule has 0 amide bonds. The van der Waals surface area contributed by atoms with Gasteiger partial charge in [-0.3, -0.25) is 0 Å². The molecule has 0 radical (unpaired) electrons. The van der Waals surface area contributed by atoms with Crippen LogP contribution in [0.2, 0.25) is 0 Å². The van der Waals surface area contributed by atoms with Gasteiger partial charge in [0, 0.05) is 94.4 Å². The van der Waals surface area contributed by atoms with Gasteiger partial charge in [0.15, 0.2) is 0 Å². The van der Waals surface area contributed by atoms with Crippen LogP contribution >= 0.6 is 0 Å². The second-order valence-electron chi connectivity index (χ2n) is 36.2. The molecule has 0 N–H and O–H groups in total. The van der Waals surface area contributed by atoms with Gasteiger partial charge in [0.05, 0.1) is 77.4 Å². The predicted octanol–water partition coefficient (Wildman–Crippen LogP) is 30.6. The van der Waals surface area contributed by atoms with E-state index in [1.807, 2.05) is 78.9 Å². The van der Waals surface area contributed by atoms with Gasteiger partial charge in [-0.1, -0.05) is 311 Å². The normalized spacial score (nSPS) is 15.6. The summed E-state index contributed by atoms with van der Waals surface area (Å²) in [6.07, 6.45) is 0. The Hall–Kier alpha value is -15.0. The monoisotopic (exact) mass is 1640 g/mol. The van der Waals surface area contributed by atoms with E-state index in [4.69, 9.17) is 8.22 Å². The molecule has 600 valence electrons. The second kappa shape index (κ2) is 28.3. The van der Waals surface area contributed by atoms with E-state index in [1.165, 1.54) is 9.13 Å². The van der Waals surface area contributed by atoms with Crippen LogP contribution in [0.1, 0.15) is 112 Å². The first-order valence-electron chi connectivity index (χ1n) is 54.5. The van der Waals surface area contributed by atoms with Crippen molar-refractivity contribution in [2.75, 3.05) is 9.80 Å². The average molecular weight is 1640 g/mol. The number of fused-ring (bicyclic) bond motifs is 26. The first kappa shape index (κ1) is 53.8. The molecule has 0 fully saturated rings. The standard InChI is InChI=1S/C120H92BN5/c1-118(2,3)87-67-95(77-35-19-12-20-36-77)116-97(69-87)85-41-29-39-79(61-85)83-51-59-109-101(65-83)102-66-84(52-60-110(102)122(109)90-43-23-14-24-44-90)80-40-30-42-86(62-80)98-70-88(119(4,5)6)68-96(78-37-21-13-22-38-78)117(98)126-112-74-92(124-106-48-28-26-46-94(106)100-64-82(50-58-108(100)124)76-33-17-11-18-34-76)54-56-104(112)121-103-55-53-91(73-111(103)125(116)113-71-89(120(7,8)9)72-114(126)115(113)121)123-105-47-27-25-45-93(105)99-63-81(49-57-107(99)123)75-31-15-10-16-32-75/h10-74H,1-9H3/i10D,11D,15D,16D,17D,18D,25D,26D,27D,28D,31D,32D,33D,34D,45D,46D,47D,48D,49D,50D,57D,58D,63D,64D. The van der Waals surface area contributed by atoms with Crippen molar-refractivity contribution in [3.63, 3.8) is 0 Å². The zero-order valence-corrected chi connectivity index (χ0v) is 70.5. The van der Waals surface area contributed by atoms with E-state index in [1.54, 1.807) is 12.1 Å². The molecule has 6 heterocycles. The lowest BCUT2D eigenvalue weighted by Gasteiger charge is -2.47. The van der Waals surface area contributed by atoms with Gasteiger partial charge >= 0.3 is 0 Å². The number of hydrogen-bond donors (Lipinski definition) is 0. The molecule has 126 heavy (non-hydrogen) atoms. The van der Waals surface area contributed by atoms with Crippen LogP contribution in [0.3, 0.4) is 0 Å². The van der Waals surface area contributed by atoms with Gasteiger partial charge < -0.3 is 23.5 Å². The van der Waals surface area contributed by atoms with Gasteiger partial charge in [0.1, 0.15) is 0 Å². The van der Waals surface area contributed by atoms with Crippen molar-refractivity contribution in [3.05, 3.63) is 410 Å². The van der Waals surface area contributed by atoms with E-state index in [2.05, 4.69) is 234 Å². The fourth-order valence-electron chi connectivity index (χ4n) is 19.4. The van der Waals surface area contributed by atoms with Gasteiger partial charge in [-0.2, -0.15) is 0 Å². The van der Waals surface area contributed by atoms with Gasteiger partial charge in [0.25, 0.3) is 6.71 Å². The summed E-state index contributed by atoms with van der Waals surface area (Å²) < 4.78 is 237. The molecule has 3 aliphatic rings. The van der Waals surface area contributed by atoms with Crippen LogP contribution in [-0.2, 0) is 16.2 Å². The lowest BCUT2D eigenvalue weighted by molar-refractivity contribution is 0.590. The fourth-order valence-corrected chi connectivity index (χ4v) is 19.4. The lowest BCUT2D eigenvalue weighted by atomic mass is 9.33. The van der Waals surface area contributed by atoms with Crippen molar-refractivity contribution in [1.82, 2.24) is 13.7 Å². The summed E-state index contributed by atoms with van der Waals surface area (Å²) in [5.74, 6) is 0. The maximum Gasteiger partial charge on any atom is 0.252 e. The Labute approximate surface area is 770 Å². The maximum atomic E-state index is 10.6. The molecule has 6 heteroatoms. The van der Waals surface area contributed by atoms with Crippen LogP contribution in [0.4, 0.5) is 34.1 Å². The summed E-state index contributed by atoms with van der Waals surface area (Å²) in [6.45, 7) is 18.6. The molecule has 3 aliphatic heterocycles. The predicted molar refractivity (Wildman–Crippen MR) is 537 cm³/mol. The highest BCUT2D eigenvalue weighted by atomic mass is 15.2. The fraction of sp³-hybridized carbons (Fsp3) is 0.100. The number of benzene rings is 18. The molecule has 0 aliphatic carbocycles. The van der Waals surface area contributed by atoms with Gasteiger partial charge in [0.2, 0.25) is 0 Å². The maximum absolute atomic E-state index is 10.6. The van der Waals surface area contributed by atoms with Crippen LogP contribution in [0, 0.1) is 0 Å². The molecule has 0 atom stereocenters. The number of aromatic nitrogens is 3. The van der Waals surface area contributed by atoms with Crippen LogP contribution in [0.15, 0.2) is 394 Å². The topological polar surface area (TPSA) is 21.3 Å². The summed E-state index contributed by atoms with van der Waals surface area (Å²) >= 11 is 0. The molecule has 13 bridgehead atoms. The number of para-hydroxylation sites is 3. The Kier molecular flexibility index (Phi) is 12.1. The molecule has 5 nitrogen and oxygen atoms in total. The van der Waals surface area contributed by atoms with Gasteiger partial charge in [-0.25, -0.2) is 0 Å². The minimum absolute atomic E-state index is 0.164. The van der Waals surface area contributed by atoms with Crippen molar-refractivity contribution in [3.8, 4) is 106 Å². The molecule has 0 spiro atoms. The summed E-state index contributed by atoms with van der Waals surface area (Å²) in [6, 6.07) is 69.1. The number of anilines is 6. The molecule has 0 saturated carbocycles. The average Bonchev–Trinajstić information content (AvgIpc) is 1.06. The summed E-state index contributed by atoms with van der Waals surface area (Å²) in [5, 5.41) is 0.935. The molecule has 21 aromatic rings. The summed E-state index contributed by atoms with van der Waals surface area (Å²) in [7, 11) is 0. The van der Waals surface area contributed by atoms with Gasteiger partial charge in [-0.15, -0.1) is 0 Å². The first-order valence-corrected chi connectivity index (χ1v) is 42.5. The van der Waals surface area contributed by atoms with Crippen LogP contribution in [0.25, 0.3) is 171 Å². The van der Waals surface area contributed by atoms with E-state index < -0.39 is 190 Å². The Morgan fingerprint density at radius 1 is 0.230 bits per heavy atom. The highest BCUT2D eigenvalue weighted by Gasteiger charge is 2.47. The third-order valence-electron chi connectivity index (χ3n) is 25.6. The largest absolute Gasteiger partial charge is 0.310 e. The number of hydrogen-bond acceptors (Lipinski definition) is 2. The minimum Gasteiger partial charge on any atom is -0.310 e. The first-order chi connectivity index (χ1) is 71.4. The van der Waals surface area contributed by atoms with Crippen LogP contribution in [-0.4, -0.2) is 20.4 Å². The number of nitrogens with zero attached hydrogens (tertiary/aromatic N) is 5. The lowest BCUT2D eigenvalue weighted by Crippen LogP contribution is -2.61. The zero-order chi connectivity index (χ0) is 106. The Balaban J connectivity index is 0.919. The molecule has 3 aromatic heterocycles. The van der Waals surface area contributed by atoms with E-state index >= 15 is 0 Å². The van der Waals surface area contributed by atoms with Crippen LogP contribution in [0.5, 0.6) is 0 Å². The molecular weight excluding hydrogens is 1520 g/mol. The SMILES string of the molecule is [2H]c1c([2H])c([2H])c(-c2c([2H])c([2H])c3c(c2[2H])c2c([2H])c([2H])c([2H])c([2H])c2n3-c2ccc3c(c2)N2c4cc(C(C)(C)C)cc5c4B3c3ccc(-n4c6c([2H])c([2H])c([2H])c([2H])c6c6c([2H])c(-c7c([2H])c([2H])c([2H])c([2H])c7[2H])c([2H])c([2H])c64)cc3N5c3c(-c4ccccc4)cc(C(C)(C)C)cc3-c3cccc(c3)-c3ccc4c(c3)c3cc(ccc3n4-c3ccccc3)-c3cccc(c3)-c3cc(C(C)(C)C)cc(-c4ccccc4)c32)c([2H])c1[2H]. The summed E-state index contributed by atoms with van der Waals surface area (Å²) in [5.41, 5.74) is 16.3. The number of rotatable bonds is 7. The molecule has 0 unspecified atom stereocenters. The molecule has 18 aromatic carbocycles. The van der Waals surface area contributed by atoms with Crippen molar-refractivity contribution in [2.24, 2.45) is 0 Å². The van der Waals surface area contributed by atoms with E-state index in [-0.39, 0.29) is 55.0 Å². The van der Waals surface area contributed by atoms with E-state index in [0.717, 1.165) is 116 Å². The third-order valence-corrected chi connectivity index (χ3v) is 25.6. The highest BCUT2D eigenvalue weighted by Crippen LogP contribution is 2.57. The molecule has 24 rings (SSSR count). The minimum atomic E-state index is -0.957. The van der Waals surface area contributed by atoms with E-state index in [0.29, 0.717) is 45.0 Å². The highest BCUT2D eigenvalue weighted by molar-refractivity contribution is 7.00. The second-order valence-corrected chi connectivity index (χ2v) is 36.2. The van der Waals surface area contributed by atoms with Crippen molar-refractivity contribution in [1.29, 1.82) is 0 Å². The van der Waals surface area contributed by atoms with Gasteiger partial charge in [-0.05, 0) is 262 Å². The third kappa shape index (κ3) is 11.9. The van der Waals surface area contributed by atoms with E-state index in [9.17, 15) is 24.7 Å². The Morgan fingerprint density at radius 2 is 0.587 bits per heavy atom. The Bertz CT molecular complexity index is 9080. The Morgan fingerprint density at radius 3 is 1.02 bits per heavy atom. The van der Waals surface area contributed by atoms with Crippen LogP contribution < -0.4 is 26.2 Å². The van der Waals surface area contributed by atoms with Crippen molar-refractivity contribution in [2.45, 2.75) is 78.6 Å². The zero-order valence-electron chi connectivity index (χ0n) is 94.5. The summed E-state index contributed by atoms with van der Waals surface area (Å²) in [4.78, 5) is 4.61. The smallest absolute Gasteiger partial charge is 0.252 e.